The van der Waals surface area contributed by atoms with Crippen molar-refractivity contribution in [2.45, 2.75) is 57.8 Å². The van der Waals surface area contributed by atoms with Crippen molar-refractivity contribution in [3.05, 3.63) is 47.9 Å². The Hall–Kier alpha value is -2.89. The van der Waals surface area contributed by atoms with E-state index in [9.17, 15) is 4.79 Å². The van der Waals surface area contributed by atoms with E-state index in [2.05, 4.69) is 29.1 Å². The second-order valence-electron chi connectivity index (χ2n) is 7.91. The first kappa shape index (κ1) is 20.4. The fourth-order valence-electron chi connectivity index (χ4n) is 4.21. The molecule has 0 radical (unpaired) electrons. The van der Waals surface area contributed by atoms with Crippen LogP contribution in [0.3, 0.4) is 0 Å². The summed E-state index contributed by atoms with van der Waals surface area (Å²) in [7, 11) is 1.37. The van der Waals surface area contributed by atoms with Gasteiger partial charge in [0.1, 0.15) is 5.75 Å². The van der Waals surface area contributed by atoms with Crippen LogP contribution in [-0.4, -0.2) is 34.3 Å². The highest BCUT2D eigenvalue weighted by Crippen LogP contribution is 2.38. The molecule has 4 rings (SSSR count). The van der Waals surface area contributed by atoms with Gasteiger partial charge in [-0.1, -0.05) is 44.7 Å². The molecule has 0 N–H and O–H groups in total. The molecule has 0 amide bonds. The van der Waals surface area contributed by atoms with E-state index in [1.54, 1.807) is 6.07 Å². The van der Waals surface area contributed by atoms with E-state index in [1.165, 1.54) is 26.4 Å². The lowest BCUT2D eigenvalue weighted by molar-refractivity contribution is 0.0593. The summed E-state index contributed by atoms with van der Waals surface area (Å²) in [6.07, 6.45) is 10.0. The van der Waals surface area contributed by atoms with E-state index >= 15 is 0 Å². The van der Waals surface area contributed by atoms with Crippen LogP contribution in [0.5, 0.6) is 5.75 Å². The van der Waals surface area contributed by atoms with E-state index in [0.29, 0.717) is 17.3 Å². The molecule has 0 saturated heterocycles. The largest absolute Gasteiger partial charge is 0.494 e. The molecule has 1 aliphatic carbocycles. The zero-order chi connectivity index (χ0) is 20.9. The van der Waals surface area contributed by atoms with Crippen molar-refractivity contribution in [2.24, 2.45) is 0 Å². The number of carbonyl (C=O) groups is 1. The zero-order valence-electron chi connectivity index (χ0n) is 17.8. The Morgan fingerprint density at radius 3 is 2.63 bits per heavy atom. The minimum Gasteiger partial charge on any atom is -0.494 e. The predicted molar refractivity (Wildman–Crippen MR) is 116 cm³/mol. The number of fused-ring (bicyclic) bond motifs is 1. The van der Waals surface area contributed by atoms with Crippen LogP contribution in [0.25, 0.3) is 16.8 Å². The summed E-state index contributed by atoms with van der Waals surface area (Å²) in [5, 5.41) is 4.57. The Morgan fingerprint density at radius 2 is 1.93 bits per heavy atom. The summed E-state index contributed by atoms with van der Waals surface area (Å²) in [5.41, 5.74) is 4.25. The number of ether oxygens (including phenoxy) is 2. The average molecular weight is 408 g/mol. The first-order valence-corrected chi connectivity index (χ1v) is 10.9. The van der Waals surface area contributed by atoms with Crippen LogP contribution in [-0.2, 0) is 4.74 Å². The van der Waals surface area contributed by atoms with Gasteiger partial charge < -0.3 is 9.47 Å². The van der Waals surface area contributed by atoms with Crippen LogP contribution in [0.4, 0.5) is 0 Å². The van der Waals surface area contributed by atoms with Gasteiger partial charge in [-0.15, -0.1) is 0 Å². The molecule has 0 spiro atoms. The molecule has 1 saturated carbocycles. The van der Waals surface area contributed by atoms with Crippen molar-refractivity contribution in [1.29, 1.82) is 0 Å². The highest BCUT2D eigenvalue weighted by molar-refractivity contribution is 5.88. The molecule has 1 fully saturated rings. The Bertz CT molecular complexity index is 1000. The van der Waals surface area contributed by atoms with Crippen LogP contribution in [0.1, 0.15) is 74.0 Å². The topological polar surface area (TPSA) is 65.7 Å². The molecule has 1 aliphatic rings. The van der Waals surface area contributed by atoms with E-state index in [4.69, 9.17) is 9.47 Å². The Labute approximate surface area is 177 Å². The molecule has 1 aromatic carbocycles. The van der Waals surface area contributed by atoms with Crippen molar-refractivity contribution in [3.63, 3.8) is 0 Å². The standard InChI is InChI=1S/C24H29N3O3/c1-3-4-14-30-19-12-10-17(11-13-19)20-16-25-22-15-21(24(28)29-2)26-27(22)23(20)18-8-6-5-7-9-18/h10-13,15-16,18H,3-9,14H2,1-2H3. The molecule has 30 heavy (non-hydrogen) atoms. The quantitative estimate of drug-likeness (QED) is 0.387. The fraction of sp³-hybridized carbons (Fsp3) is 0.458. The number of benzene rings is 1. The van der Waals surface area contributed by atoms with Gasteiger partial charge in [0.05, 0.1) is 19.4 Å². The van der Waals surface area contributed by atoms with Gasteiger partial charge in [0.25, 0.3) is 0 Å². The monoisotopic (exact) mass is 407 g/mol. The number of hydrogen-bond acceptors (Lipinski definition) is 5. The number of rotatable bonds is 7. The molecule has 3 aromatic rings. The predicted octanol–water partition coefficient (Wildman–Crippen LogP) is 5.41. The molecule has 6 heteroatoms. The maximum absolute atomic E-state index is 12.0. The molecular formula is C24H29N3O3. The molecular weight excluding hydrogens is 378 g/mol. The molecule has 2 heterocycles. The lowest BCUT2D eigenvalue weighted by Gasteiger charge is -2.25. The van der Waals surface area contributed by atoms with Crippen LogP contribution in [0.15, 0.2) is 36.5 Å². The highest BCUT2D eigenvalue weighted by atomic mass is 16.5. The smallest absolute Gasteiger partial charge is 0.358 e. The summed E-state index contributed by atoms with van der Waals surface area (Å²) in [6.45, 7) is 2.89. The number of unbranched alkanes of at least 4 members (excludes halogenated alkanes) is 1. The van der Waals surface area contributed by atoms with Crippen LogP contribution in [0, 0.1) is 0 Å². The highest BCUT2D eigenvalue weighted by Gasteiger charge is 2.25. The van der Waals surface area contributed by atoms with E-state index in [1.807, 2.05) is 22.8 Å². The van der Waals surface area contributed by atoms with Gasteiger partial charge in [-0.2, -0.15) is 5.10 Å². The van der Waals surface area contributed by atoms with Gasteiger partial charge in [0.15, 0.2) is 11.3 Å². The minimum atomic E-state index is -0.440. The molecule has 0 bridgehead atoms. The first-order chi connectivity index (χ1) is 14.7. The summed E-state index contributed by atoms with van der Waals surface area (Å²) in [4.78, 5) is 16.6. The minimum absolute atomic E-state index is 0.291. The van der Waals surface area contributed by atoms with Crippen molar-refractivity contribution >= 4 is 11.6 Å². The van der Waals surface area contributed by atoms with Gasteiger partial charge in [0.2, 0.25) is 0 Å². The summed E-state index contributed by atoms with van der Waals surface area (Å²) in [5.74, 6) is 0.836. The van der Waals surface area contributed by atoms with Gasteiger partial charge in [0, 0.05) is 23.7 Å². The van der Waals surface area contributed by atoms with Crippen LogP contribution >= 0.6 is 0 Å². The maximum atomic E-state index is 12.0. The molecule has 0 aliphatic heterocycles. The van der Waals surface area contributed by atoms with Crippen molar-refractivity contribution < 1.29 is 14.3 Å². The second kappa shape index (κ2) is 9.28. The van der Waals surface area contributed by atoms with E-state index in [0.717, 1.165) is 54.9 Å². The summed E-state index contributed by atoms with van der Waals surface area (Å²) >= 11 is 0. The Morgan fingerprint density at radius 1 is 1.17 bits per heavy atom. The number of esters is 1. The third kappa shape index (κ3) is 4.18. The van der Waals surface area contributed by atoms with Crippen molar-refractivity contribution in [2.75, 3.05) is 13.7 Å². The number of aromatic nitrogens is 3. The number of carbonyl (C=O) groups excluding carboxylic acids is 1. The lowest BCUT2D eigenvalue weighted by Crippen LogP contribution is -2.13. The zero-order valence-corrected chi connectivity index (χ0v) is 17.8. The first-order valence-electron chi connectivity index (χ1n) is 10.9. The number of methoxy groups -OCH3 is 1. The number of nitrogens with zero attached hydrogens (tertiary/aromatic N) is 3. The maximum Gasteiger partial charge on any atom is 0.358 e. The molecule has 2 aromatic heterocycles. The summed E-state index contributed by atoms with van der Waals surface area (Å²) in [6, 6.07) is 9.90. The normalized spacial score (nSPS) is 14.7. The summed E-state index contributed by atoms with van der Waals surface area (Å²) < 4.78 is 12.5. The molecule has 6 nitrogen and oxygen atoms in total. The van der Waals surface area contributed by atoms with Gasteiger partial charge in [-0.05, 0) is 37.0 Å². The van der Waals surface area contributed by atoms with E-state index < -0.39 is 5.97 Å². The third-order valence-corrected chi connectivity index (χ3v) is 5.84. The molecule has 158 valence electrons. The van der Waals surface area contributed by atoms with Crippen molar-refractivity contribution in [3.8, 4) is 16.9 Å². The Balaban J connectivity index is 1.75. The second-order valence-corrected chi connectivity index (χ2v) is 7.91. The van der Waals surface area contributed by atoms with E-state index in [-0.39, 0.29) is 0 Å². The lowest BCUT2D eigenvalue weighted by atomic mass is 9.84. The molecule has 0 unspecified atom stereocenters. The fourth-order valence-corrected chi connectivity index (χ4v) is 4.21. The SMILES string of the molecule is CCCCOc1ccc(-c2cnc3cc(C(=O)OC)nn3c2C2CCCCC2)cc1. The van der Waals surface area contributed by atoms with Crippen LogP contribution < -0.4 is 4.74 Å². The van der Waals surface area contributed by atoms with Gasteiger partial charge in [-0.25, -0.2) is 14.3 Å². The van der Waals surface area contributed by atoms with Crippen molar-refractivity contribution in [1.82, 2.24) is 14.6 Å². The average Bonchev–Trinajstić information content (AvgIpc) is 3.23. The van der Waals surface area contributed by atoms with Gasteiger partial charge in [-0.3, -0.25) is 0 Å². The van der Waals surface area contributed by atoms with Crippen LogP contribution in [0.2, 0.25) is 0 Å². The Kier molecular flexibility index (Phi) is 6.31. The molecule has 0 atom stereocenters. The number of hydrogen-bond donors (Lipinski definition) is 0. The van der Waals surface area contributed by atoms with Gasteiger partial charge >= 0.3 is 5.97 Å². The third-order valence-electron chi connectivity index (χ3n) is 5.84.